The van der Waals surface area contributed by atoms with Crippen LogP contribution in [0.25, 0.3) is 11.0 Å². The Hall–Kier alpha value is -2.63. The van der Waals surface area contributed by atoms with Crippen LogP contribution >= 0.6 is 0 Å². The first kappa shape index (κ1) is 15.9. The Kier molecular flexibility index (Phi) is 4.03. The molecule has 1 aliphatic heterocycles. The molecule has 130 valence electrons. The van der Waals surface area contributed by atoms with Gasteiger partial charge in [-0.05, 0) is 38.5 Å². The third-order valence-electron chi connectivity index (χ3n) is 4.92. The number of carbonyl (C=O) groups is 1. The molecule has 6 heteroatoms. The smallest absolute Gasteiger partial charge is 0.223 e. The minimum absolute atomic E-state index is 0.199. The van der Waals surface area contributed by atoms with Crippen molar-refractivity contribution in [2.24, 2.45) is 0 Å². The molecule has 0 radical (unpaired) electrons. The van der Waals surface area contributed by atoms with Gasteiger partial charge in [-0.15, -0.1) is 0 Å². The third kappa shape index (κ3) is 3.16. The molecule has 6 nitrogen and oxygen atoms in total. The molecular weight excluding hydrogens is 314 g/mol. The van der Waals surface area contributed by atoms with Crippen molar-refractivity contribution in [2.45, 2.75) is 39.2 Å². The lowest BCUT2D eigenvalue weighted by atomic mass is 10.2. The zero-order chi connectivity index (χ0) is 17.4. The Morgan fingerprint density at radius 2 is 2.16 bits per heavy atom. The molecule has 4 rings (SSSR count). The van der Waals surface area contributed by atoms with E-state index in [2.05, 4.69) is 32.7 Å². The fraction of sp³-hybridized carbons (Fsp3) is 0.421. The van der Waals surface area contributed by atoms with E-state index in [1.165, 1.54) is 5.69 Å². The average molecular weight is 337 g/mol. The number of nitrogens with one attached hydrogen (secondary N) is 1. The van der Waals surface area contributed by atoms with Gasteiger partial charge in [-0.25, -0.2) is 4.98 Å². The van der Waals surface area contributed by atoms with Gasteiger partial charge >= 0.3 is 0 Å². The highest BCUT2D eigenvalue weighted by Gasteiger charge is 2.28. The van der Waals surface area contributed by atoms with E-state index in [1.54, 1.807) is 0 Å². The van der Waals surface area contributed by atoms with E-state index in [4.69, 9.17) is 0 Å². The number of carbonyl (C=O) groups excluding carboxylic acids is 1. The fourth-order valence-corrected chi connectivity index (χ4v) is 3.69. The molecule has 3 aromatic rings. The topological polar surface area (TPSA) is 66.8 Å². The SMILES string of the molecule is Cc1cc(C)n([C@H]2CCN(C(=O)CCc3nc4ccccc4[nH]3)C2)n1. The molecule has 0 unspecified atom stereocenters. The second kappa shape index (κ2) is 6.35. The number of aryl methyl sites for hydroxylation is 3. The second-order valence-electron chi connectivity index (χ2n) is 6.85. The fourth-order valence-electron chi connectivity index (χ4n) is 3.69. The number of aromatic amines is 1. The molecule has 3 heterocycles. The monoisotopic (exact) mass is 337 g/mol. The summed E-state index contributed by atoms with van der Waals surface area (Å²) in [5.74, 6) is 1.08. The first-order valence-corrected chi connectivity index (χ1v) is 8.84. The van der Waals surface area contributed by atoms with Crippen molar-refractivity contribution >= 4 is 16.9 Å². The van der Waals surface area contributed by atoms with Gasteiger partial charge in [-0.2, -0.15) is 5.10 Å². The van der Waals surface area contributed by atoms with Crippen LogP contribution in [0.15, 0.2) is 30.3 Å². The molecule has 1 aliphatic rings. The number of rotatable bonds is 4. The van der Waals surface area contributed by atoms with Gasteiger partial charge in [0.1, 0.15) is 5.82 Å². The third-order valence-corrected chi connectivity index (χ3v) is 4.92. The van der Waals surface area contributed by atoms with Crippen molar-refractivity contribution in [1.82, 2.24) is 24.6 Å². The molecule has 2 aromatic heterocycles. The van der Waals surface area contributed by atoms with Crippen molar-refractivity contribution < 1.29 is 4.79 Å². The zero-order valence-electron chi connectivity index (χ0n) is 14.7. The largest absolute Gasteiger partial charge is 0.342 e. The van der Waals surface area contributed by atoms with Crippen LogP contribution in [0.4, 0.5) is 0 Å². The van der Waals surface area contributed by atoms with Crippen LogP contribution < -0.4 is 0 Å². The van der Waals surface area contributed by atoms with Gasteiger partial charge in [0.15, 0.2) is 0 Å². The number of hydrogen-bond donors (Lipinski definition) is 1. The molecule has 1 fully saturated rings. The predicted octanol–water partition coefficient (Wildman–Crippen LogP) is 2.78. The molecule has 1 N–H and O–H groups in total. The minimum atomic E-state index is 0.199. The molecule has 1 aromatic carbocycles. The molecule has 1 atom stereocenters. The number of amides is 1. The van der Waals surface area contributed by atoms with Crippen LogP contribution in [0.3, 0.4) is 0 Å². The summed E-state index contributed by atoms with van der Waals surface area (Å²) in [5, 5.41) is 4.57. The first-order valence-electron chi connectivity index (χ1n) is 8.84. The number of H-pyrrole nitrogens is 1. The quantitative estimate of drug-likeness (QED) is 0.796. The van der Waals surface area contributed by atoms with Gasteiger partial charge in [0.05, 0.1) is 22.8 Å². The zero-order valence-corrected chi connectivity index (χ0v) is 14.7. The molecule has 1 saturated heterocycles. The Bertz CT molecular complexity index is 877. The van der Waals surface area contributed by atoms with E-state index in [-0.39, 0.29) is 5.91 Å². The number of benzene rings is 1. The van der Waals surface area contributed by atoms with Gasteiger partial charge in [-0.1, -0.05) is 12.1 Å². The number of likely N-dealkylation sites (tertiary alicyclic amines) is 1. The highest BCUT2D eigenvalue weighted by Crippen LogP contribution is 2.24. The highest BCUT2D eigenvalue weighted by atomic mass is 16.2. The van der Waals surface area contributed by atoms with Crippen molar-refractivity contribution in [3.8, 4) is 0 Å². The van der Waals surface area contributed by atoms with Gasteiger partial charge in [-0.3, -0.25) is 9.48 Å². The summed E-state index contributed by atoms with van der Waals surface area (Å²) < 4.78 is 2.07. The number of fused-ring (bicyclic) bond motifs is 1. The maximum absolute atomic E-state index is 12.6. The van der Waals surface area contributed by atoms with Crippen molar-refractivity contribution in [2.75, 3.05) is 13.1 Å². The van der Waals surface area contributed by atoms with Crippen LogP contribution in [-0.4, -0.2) is 43.6 Å². The Morgan fingerprint density at radius 3 is 2.92 bits per heavy atom. The lowest BCUT2D eigenvalue weighted by molar-refractivity contribution is -0.130. The average Bonchev–Trinajstić information content (AvgIpc) is 3.30. The maximum Gasteiger partial charge on any atom is 0.223 e. The highest BCUT2D eigenvalue weighted by molar-refractivity contribution is 5.77. The number of nitrogens with zero attached hydrogens (tertiary/aromatic N) is 4. The summed E-state index contributed by atoms with van der Waals surface area (Å²) in [4.78, 5) is 22.4. The number of imidazole rings is 1. The maximum atomic E-state index is 12.6. The van der Waals surface area contributed by atoms with Crippen LogP contribution in [0.1, 0.15) is 36.1 Å². The van der Waals surface area contributed by atoms with Crippen molar-refractivity contribution in [3.05, 3.63) is 47.5 Å². The van der Waals surface area contributed by atoms with Crippen LogP contribution in [0.2, 0.25) is 0 Å². The summed E-state index contributed by atoms with van der Waals surface area (Å²) in [6.45, 7) is 5.64. The minimum Gasteiger partial charge on any atom is -0.342 e. The molecule has 25 heavy (non-hydrogen) atoms. The van der Waals surface area contributed by atoms with Gasteiger partial charge in [0.25, 0.3) is 0 Å². The summed E-state index contributed by atoms with van der Waals surface area (Å²) >= 11 is 0. The van der Waals surface area contributed by atoms with Crippen LogP contribution in [-0.2, 0) is 11.2 Å². The number of para-hydroxylation sites is 2. The normalized spacial score (nSPS) is 17.5. The summed E-state index contributed by atoms with van der Waals surface area (Å²) in [6, 6.07) is 10.3. The van der Waals surface area contributed by atoms with E-state index < -0.39 is 0 Å². The number of hydrogen-bond acceptors (Lipinski definition) is 3. The van der Waals surface area contributed by atoms with Gasteiger partial charge in [0, 0.05) is 31.6 Å². The summed E-state index contributed by atoms with van der Waals surface area (Å²) in [5.41, 5.74) is 4.18. The van der Waals surface area contributed by atoms with Crippen LogP contribution in [0.5, 0.6) is 0 Å². The Morgan fingerprint density at radius 1 is 1.32 bits per heavy atom. The summed E-state index contributed by atoms with van der Waals surface area (Å²) in [7, 11) is 0. The van der Waals surface area contributed by atoms with Crippen LogP contribution in [0, 0.1) is 13.8 Å². The Labute approximate surface area is 146 Å². The molecule has 0 aliphatic carbocycles. The van der Waals surface area contributed by atoms with E-state index in [0.29, 0.717) is 18.9 Å². The lowest BCUT2D eigenvalue weighted by Gasteiger charge is -2.17. The molecule has 0 spiro atoms. The van der Waals surface area contributed by atoms with E-state index in [0.717, 1.165) is 42.1 Å². The van der Waals surface area contributed by atoms with E-state index >= 15 is 0 Å². The van der Waals surface area contributed by atoms with Crippen molar-refractivity contribution in [1.29, 1.82) is 0 Å². The Balaban J connectivity index is 1.36. The predicted molar refractivity (Wildman–Crippen MR) is 96.3 cm³/mol. The molecule has 1 amide bonds. The lowest BCUT2D eigenvalue weighted by Crippen LogP contribution is -2.29. The number of aromatic nitrogens is 4. The summed E-state index contributed by atoms with van der Waals surface area (Å²) in [6.07, 6.45) is 2.11. The molecular formula is C19H23N5O. The first-order chi connectivity index (χ1) is 12.1. The molecule has 0 bridgehead atoms. The van der Waals surface area contributed by atoms with Crippen molar-refractivity contribution in [3.63, 3.8) is 0 Å². The molecule has 0 saturated carbocycles. The van der Waals surface area contributed by atoms with Gasteiger partial charge < -0.3 is 9.88 Å². The van der Waals surface area contributed by atoms with E-state index in [9.17, 15) is 4.79 Å². The standard InChI is InChI=1S/C19H23N5O/c1-13-11-14(2)24(22-13)15-9-10-23(12-15)19(25)8-7-18-20-16-5-3-4-6-17(16)21-18/h3-6,11,15H,7-10,12H2,1-2H3,(H,20,21)/t15-/m0/s1. The van der Waals surface area contributed by atoms with E-state index in [1.807, 2.05) is 36.1 Å². The second-order valence-corrected chi connectivity index (χ2v) is 6.85. The van der Waals surface area contributed by atoms with Gasteiger partial charge in [0.2, 0.25) is 5.91 Å².